The number of aromatic amines is 1. The predicted molar refractivity (Wildman–Crippen MR) is 155 cm³/mol. The number of benzene rings is 1. The Hall–Kier alpha value is -3.33. The second-order valence-electron chi connectivity index (χ2n) is 12.6. The number of nitrogens with one attached hydrogen (secondary N) is 1. The monoisotopic (exact) mass is 561 g/mol. The Labute approximate surface area is 239 Å². The van der Waals surface area contributed by atoms with Crippen molar-refractivity contribution in [3.8, 4) is 11.1 Å². The number of aryl methyl sites for hydroxylation is 1. The quantitative estimate of drug-likeness (QED) is 0.469. The van der Waals surface area contributed by atoms with Crippen molar-refractivity contribution in [1.82, 2.24) is 29.8 Å². The Morgan fingerprint density at radius 2 is 1.90 bits per heavy atom. The summed E-state index contributed by atoms with van der Waals surface area (Å²) < 4.78 is 2.21. The smallest absolute Gasteiger partial charge is 0.245 e. The average Bonchev–Trinajstić information content (AvgIpc) is 3.46. The Morgan fingerprint density at radius 3 is 2.55 bits per heavy atom. The molecule has 4 heterocycles. The number of fused-ring (bicyclic) bond motifs is 1. The van der Waals surface area contributed by atoms with Crippen LogP contribution in [-0.4, -0.2) is 79.9 Å². The van der Waals surface area contributed by atoms with Crippen LogP contribution in [0.25, 0.3) is 22.0 Å². The molecule has 1 N–H and O–H groups in total. The first-order valence-corrected chi connectivity index (χ1v) is 14.7. The Kier molecular flexibility index (Phi) is 5.66. The van der Waals surface area contributed by atoms with Crippen molar-refractivity contribution in [1.29, 1.82) is 0 Å². The highest BCUT2D eigenvalue weighted by Crippen LogP contribution is 2.56. The van der Waals surface area contributed by atoms with E-state index in [1.54, 1.807) is 6.92 Å². The summed E-state index contributed by atoms with van der Waals surface area (Å²) >= 11 is 7.08. The number of carbonyl (C=O) groups excluding carboxylic acids is 2. The number of hydrogen-bond acceptors (Lipinski definition) is 5. The number of anilines is 1. The third kappa shape index (κ3) is 3.59. The van der Waals surface area contributed by atoms with Crippen molar-refractivity contribution >= 4 is 40.1 Å². The third-order valence-corrected chi connectivity index (χ3v) is 10.6. The van der Waals surface area contributed by atoms with Crippen molar-refractivity contribution in [2.75, 3.05) is 37.6 Å². The lowest BCUT2D eigenvalue weighted by atomic mass is 9.60. The second-order valence-corrected chi connectivity index (χ2v) is 13.0. The van der Waals surface area contributed by atoms with Crippen molar-refractivity contribution in [2.24, 2.45) is 5.41 Å². The van der Waals surface area contributed by atoms with Gasteiger partial charge in [0, 0.05) is 67.3 Å². The molecule has 9 nitrogen and oxygen atoms in total. The molecule has 2 saturated heterocycles. The van der Waals surface area contributed by atoms with Gasteiger partial charge in [0.2, 0.25) is 11.8 Å². The molecule has 40 heavy (non-hydrogen) atoms. The van der Waals surface area contributed by atoms with Crippen LogP contribution >= 0.6 is 11.6 Å². The van der Waals surface area contributed by atoms with Gasteiger partial charge in [-0.25, -0.2) is 0 Å². The average molecular weight is 562 g/mol. The first-order valence-electron chi connectivity index (χ1n) is 14.3. The lowest BCUT2D eigenvalue weighted by Crippen LogP contribution is -2.67. The number of H-pyrrole nitrogens is 1. The molecule has 7 rings (SSSR count). The molecule has 210 valence electrons. The summed E-state index contributed by atoms with van der Waals surface area (Å²) in [7, 11) is 0. The summed E-state index contributed by atoms with van der Waals surface area (Å²) in [6.45, 7) is 13.3. The molecule has 3 aromatic rings. The summed E-state index contributed by atoms with van der Waals surface area (Å²) in [5, 5.41) is 14.5. The molecule has 4 fully saturated rings. The van der Waals surface area contributed by atoms with E-state index >= 15 is 0 Å². The van der Waals surface area contributed by atoms with Crippen LogP contribution in [0.1, 0.15) is 56.3 Å². The number of nitrogens with zero attached hydrogens (tertiary/aromatic N) is 6. The van der Waals surface area contributed by atoms with Crippen LogP contribution in [0.5, 0.6) is 0 Å². The van der Waals surface area contributed by atoms with E-state index in [0.29, 0.717) is 6.54 Å². The van der Waals surface area contributed by atoms with E-state index in [1.807, 2.05) is 24.1 Å². The van der Waals surface area contributed by atoms with Crippen molar-refractivity contribution < 1.29 is 9.59 Å². The Morgan fingerprint density at radius 1 is 1.15 bits per heavy atom. The standard InChI is InChI=1S/C30H36ClN7O2/c1-5-24(40)36-15-29(16-36)12-21(13-29)38-19(3)25(26-22-14-32-33-23(22)11-18(2)27(26)31)28(34-38)35-9-10-37(20(4)39)30(17-35)7-6-8-30/h5,11,14,21H,1,6-10,12-13,15-17H2,2-4H3,(H,32,33). The molecule has 10 heteroatoms. The van der Waals surface area contributed by atoms with Crippen molar-refractivity contribution in [3.05, 3.63) is 41.2 Å². The highest BCUT2D eigenvalue weighted by molar-refractivity contribution is 6.36. The van der Waals surface area contributed by atoms with E-state index in [2.05, 4.69) is 38.2 Å². The fourth-order valence-corrected chi connectivity index (χ4v) is 8.15. The normalized spacial score (nSPS) is 21.4. The van der Waals surface area contributed by atoms with Gasteiger partial charge in [-0.1, -0.05) is 18.2 Å². The van der Waals surface area contributed by atoms with Gasteiger partial charge in [-0.3, -0.25) is 19.4 Å². The van der Waals surface area contributed by atoms with Crippen molar-refractivity contribution in [3.63, 3.8) is 0 Å². The number of halogens is 1. The van der Waals surface area contributed by atoms with Crippen LogP contribution in [0, 0.1) is 19.3 Å². The van der Waals surface area contributed by atoms with Gasteiger partial charge in [-0.05, 0) is 63.7 Å². The zero-order chi connectivity index (χ0) is 28.0. The molecule has 2 aromatic heterocycles. The summed E-state index contributed by atoms with van der Waals surface area (Å²) in [4.78, 5) is 30.9. The molecule has 4 aliphatic rings. The number of carbonyl (C=O) groups is 2. The SMILES string of the molecule is C=CC(=O)N1CC2(CC(n3nc(N4CCN(C(C)=O)C5(CCC5)C4)c(-c4c(Cl)c(C)cc5[nH]ncc45)c3C)C2)C1. The van der Waals surface area contributed by atoms with E-state index in [1.165, 1.54) is 6.08 Å². The van der Waals surface area contributed by atoms with E-state index in [9.17, 15) is 9.59 Å². The van der Waals surface area contributed by atoms with E-state index in [0.717, 1.165) is 102 Å². The van der Waals surface area contributed by atoms with Gasteiger partial charge >= 0.3 is 0 Å². The Balaban J connectivity index is 1.29. The van der Waals surface area contributed by atoms with Crippen LogP contribution in [0.3, 0.4) is 0 Å². The van der Waals surface area contributed by atoms with Gasteiger partial charge < -0.3 is 14.7 Å². The lowest BCUT2D eigenvalue weighted by molar-refractivity contribution is -0.149. The Bertz CT molecular complexity index is 1550. The molecule has 2 amide bonds. The fourth-order valence-electron chi connectivity index (χ4n) is 7.90. The largest absolute Gasteiger partial charge is 0.350 e. The maximum Gasteiger partial charge on any atom is 0.245 e. The lowest BCUT2D eigenvalue weighted by Gasteiger charge is -2.58. The zero-order valence-electron chi connectivity index (χ0n) is 23.5. The summed E-state index contributed by atoms with van der Waals surface area (Å²) in [5.41, 5.74) is 5.14. The van der Waals surface area contributed by atoms with Crippen LogP contribution in [0.4, 0.5) is 5.82 Å². The molecule has 0 bridgehead atoms. The molecule has 0 atom stereocenters. The number of hydrogen-bond donors (Lipinski definition) is 1. The van der Waals surface area contributed by atoms with E-state index < -0.39 is 0 Å². The summed E-state index contributed by atoms with van der Waals surface area (Å²) in [6.07, 6.45) is 8.46. The zero-order valence-corrected chi connectivity index (χ0v) is 24.2. The van der Waals surface area contributed by atoms with E-state index in [-0.39, 0.29) is 28.8 Å². The topological polar surface area (TPSA) is 90.4 Å². The van der Waals surface area contributed by atoms with E-state index in [4.69, 9.17) is 16.7 Å². The van der Waals surface area contributed by atoms with Gasteiger partial charge in [0.15, 0.2) is 5.82 Å². The van der Waals surface area contributed by atoms with Gasteiger partial charge in [0.1, 0.15) is 0 Å². The molecule has 2 spiro atoms. The molecule has 1 aromatic carbocycles. The van der Waals surface area contributed by atoms with Crippen LogP contribution in [-0.2, 0) is 9.59 Å². The molecule has 2 aliphatic carbocycles. The van der Waals surface area contributed by atoms with Gasteiger partial charge in [-0.2, -0.15) is 10.2 Å². The molecule has 2 saturated carbocycles. The van der Waals surface area contributed by atoms with Gasteiger partial charge in [0.05, 0.1) is 28.3 Å². The first kappa shape index (κ1) is 25.6. The number of amides is 2. The minimum atomic E-state index is -0.117. The van der Waals surface area contributed by atoms with Crippen molar-refractivity contribution in [2.45, 2.75) is 64.5 Å². The van der Waals surface area contributed by atoms with Crippen LogP contribution < -0.4 is 4.90 Å². The fraction of sp³-hybridized carbons (Fsp3) is 0.533. The summed E-state index contributed by atoms with van der Waals surface area (Å²) in [5.74, 6) is 1.12. The third-order valence-electron chi connectivity index (χ3n) is 10.1. The predicted octanol–water partition coefficient (Wildman–Crippen LogP) is 4.64. The molecular formula is C30H36ClN7O2. The first-order chi connectivity index (χ1) is 19.2. The minimum absolute atomic E-state index is 0.0155. The van der Waals surface area contributed by atoms with Gasteiger partial charge in [0.25, 0.3) is 0 Å². The maximum atomic E-state index is 12.5. The summed E-state index contributed by atoms with van der Waals surface area (Å²) in [6, 6.07) is 2.32. The highest BCUT2D eigenvalue weighted by Gasteiger charge is 2.55. The highest BCUT2D eigenvalue weighted by atomic mass is 35.5. The number of likely N-dealkylation sites (tertiary alicyclic amines) is 1. The maximum absolute atomic E-state index is 12.5. The van der Waals surface area contributed by atoms with Crippen LogP contribution in [0.15, 0.2) is 24.9 Å². The number of piperazine rings is 1. The number of aromatic nitrogens is 4. The molecule has 2 aliphatic heterocycles. The van der Waals surface area contributed by atoms with Gasteiger partial charge in [-0.15, -0.1) is 0 Å². The molecule has 0 radical (unpaired) electrons. The second kappa shape index (κ2) is 8.83. The van der Waals surface area contributed by atoms with Crippen LogP contribution in [0.2, 0.25) is 5.02 Å². The minimum Gasteiger partial charge on any atom is -0.350 e. The molecular weight excluding hydrogens is 526 g/mol. The molecule has 0 unspecified atom stereocenters. The number of rotatable bonds is 4.